The van der Waals surface area contributed by atoms with E-state index < -0.39 is 5.97 Å². The van der Waals surface area contributed by atoms with E-state index in [4.69, 9.17) is 5.11 Å². The fourth-order valence-electron chi connectivity index (χ4n) is 1.01. The van der Waals surface area contributed by atoms with E-state index in [2.05, 4.69) is 12.2 Å². The van der Waals surface area contributed by atoms with Crippen molar-refractivity contribution in [3.8, 4) is 0 Å². The van der Waals surface area contributed by atoms with Crippen molar-refractivity contribution in [2.45, 2.75) is 32.7 Å². The predicted molar refractivity (Wildman–Crippen MR) is 57.3 cm³/mol. The highest BCUT2D eigenvalue weighted by molar-refractivity contribution is 7.99. The minimum atomic E-state index is -0.737. The monoisotopic (exact) mass is 205 g/mol. The number of carboxylic acid groups (broad SMARTS) is 1. The van der Waals surface area contributed by atoms with Crippen LogP contribution in [0.15, 0.2) is 0 Å². The summed E-state index contributed by atoms with van der Waals surface area (Å²) >= 11 is 1.82. The summed E-state index contributed by atoms with van der Waals surface area (Å²) in [5, 5.41) is 11.7. The lowest BCUT2D eigenvalue weighted by molar-refractivity contribution is -0.139. The molecule has 1 atom stereocenters. The van der Waals surface area contributed by atoms with Crippen molar-refractivity contribution in [3.63, 3.8) is 0 Å². The van der Waals surface area contributed by atoms with E-state index in [9.17, 15) is 4.79 Å². The number of carboxylic acids is 1. The maximum absolute atomic E-state index is 10.7. The van der Waals surface area contributed by atoms with Gasteiger partial charge >= 0.3 is 5.97 Å². The molecule has 0 amide bonds. The van der Waals surface area contributed by atoms with Gasteiger partial charge in [0.05, 0.1) is 0 Å². The van der Waals surface area contributed by atoms with Crippen molar-refractivity contribution < 1.29 is 9.90 Å². The molecule has 0 spiro atoms. The molecule has 4 heteroatoms. The molecule has 0 saturated heterocycles. The van der Waals surface area contributed by atoms with Gasteiger partial charge in [0, 0.05) is 0 Å². The third-order valence-corrected chi connectivity index (χ3v) is 2.87. The third-order valence-electron chi connectivity index (χ3n) is 1.65. The SMILES string of the molecule is CCCSCCC(NCC)C(=O)O. The van der Waals surface area contributed by atoms with Crippen LogP contribution in [0.1, 0.15) is 26.7 Å². The van der Waals surface area contributed by atoms with Gasteiger partial charge < -0.3 is 10.4 Å². The first-order valence-electron chi connectivity index (χ1n) is 4.76. The molecule has 0 fully saturated rings. The number of carbonyl (C=O) groups is 1. The molecule has 0 rings (SSSR count). The van der Waals surface area contributed by atoms with Crippen LogP contribution < -0.4 is 5.32 Å². The molecule has 0 aromatic heterocycles. The van der Waals surface area contributed by atoms with Gasteiger partial charge in [0.25, 0.3) is 0 Å². The minimum Gasteiger partial charge on any atom is -0.480 e. The first-order valence-corrected chi connectivity index (χ1v) is 5.91. The Balaban J connectivity index is 3.51. The van der Waals surface area contributed by atoms with Gasteiger partial charge in [-0.1, -0.05) is 13.8 Å². The Labute approximate surface area is 84.3 Å². The van der Waals surface area contributed by atoms with Gasteiger partial charge in [-0.15, -0.1) is 0 Å². The molecule has 78 valence electrons. The zero-order valence-electron chi connectivity index (χ0n) is 8.38. The van der Waals surface area contributed by atoms with Gasteiger partial charge in [-0.05, 0) is 30.9 Å². The molecule has 0 aromatic carbocycles. The maximum Gasteiger partial charge on any atom is 0.320 e. The van der Waals surface area contributed by atoms with Crippen LogP contribution in [0.2, 0.25) is 0 Å². The third kappa shape index (κ3) is 6.90. The minimum absolute atomic E-state index is 0.366. The highest BCUT2D eigenvalue weighted by Gasteiger charge is 2.14. The van der Waals surface area contributed by atoms with Crippen molar-refractivity contribution in [1.29, 1.82) is 0 Å². The summed E-state index contributed by atoms with van der Waals surface area (Å²) in [6, 6.07) is -0.366. The molecule has 0 bridgehead atoms. The van der Waals surface area contributed by atoms with Crippen LogP contribution in [-0.4, -0.2) is 35.2 Å². The second-order valence-corrected chi connectivity index (χ2v) is 4.07. The topological polar surface area (TPSA) is 49.3 Å². The Morgan fingerprint density at radius 2 is 2.15 bits per heavy atom. The van der Waals surface area contributed by atoms with Gasteiger partial charge in [0.15, 0.2) is 0 Å². The van der Waals surface area contributed by atoms with Crippen LogP contribution in [0, 0.1) is 0 Å². The molecule has 0 aliphatic rings. The van der Waals surface area contributed by atoms with E-state index in [-0.39, 0.29) is 6.04 Å². The average molecular weight is 205 g/mol. The molecule has 0 saturated carbocycles. The molecule has 13 heavy (non-hydrogen) atoms. The molecule has 0 aliphatic carbocycles. The highest BCUT2D eigenvalue weighted by atomic mass is 32.2. The smallest absolute Gasteiger partial charge is 0.320 e. The summed E-state index contributed by atoms with van der Waals surface area (Å²) in [5.74, 6) is 1.31. The summed E-state index contributed by atoms with van der Waals surface area (Å²) in [6.45, 7) is 4.77. The van der Waals surface area contributed by atoms with Gasteiger partial charge in [-0.3, -0.25) is 4.79 Å². The van der Waals surface area contributed by atoms with E-state index in [1.165, 1.54) is 0 Å². The molecule has 0 aromatic rings. The van der Waals surface area contributed by atoms with Crippen molar-refractivity contribution >= 4 is 17.7 Å². The molecule has 0 aliphatic heterocycles. The Hall–Kier alpha value is -0.220. The summed E-state index contributed by atoms with van der Waals surface area (Å²) in [5.41, 5.74) is 0. The summed E-state index contributed by atoms with van der Waals surface area (Å²) in [6.07, 6.45) is 1.87. The van der Waals surface area contributed by atoms with Crippen LogP contribution in [0.5, 0.6) is 0 Å². The van der Waals surface area contributed by atoms with Crippen molar-refractivity contribution in [1.82, 2.24) is 5.32 Å². The fraction of sp³-hybridized carbons (Fsp3) is 0.889. The molecular formula is C9H19NO2S. The van der Waals surface area contributed by atoms with Gasteiger partial charge in [-0.2, -0.15) is 11.8 Å². The van der Waals surface area contributed by atoms with Crippen molar-refractivity contribution in [3.05, 3.63) is 0 Å². The lowest BCUT2D eigenvalue weighted by atomic mass is 10.2. The zero-order valence-corrected chi connectivity index (χ0v) is 9.19. The zero-order chi connectivity index (χ0) is 10.1. The number of hydrogen-bond donors (Lipinski definition) is 2. The lowest BCUT2D eigenvalue weighted by Gasteiger charge is -2.11. The predicted octanol–water partition coefficient (Wildman–Crippen LogP) is 1.58. The van der Waals surface area contributed by atoms with Gasteiger partial charge in [-0.25, -0.2) is 0 Å². The standard InChI is InChI=1S/C9H19NO2S/c1-3-6-13-7-5-8(9(11)12)10-4-2/h8,10H,3-7H2,1-2H3,(H,11,12). The lowest BCUT2D eigenvalue weighted by Crippen LogP contribution is -2.36. The molecule has 1 unspecified atom stereocenters. The molecule has 0 radical (unpaired) electrons. The maximum atomic E-state index is 10.7. The Morgan fingerprint density at radius 3 is 2.62 bits per heavy atom. The average Bonchev–Trinajstić information content (AvgIpc) is 2.10. The van der Waals surface area contributed by atoms with E-state index in [0.29, 0.717) is 6.42 Å². The number of nitrogens with one attached hydrogen (secondary N) is 1. The number of aliphatic carboxylic acids is 1. The quantitative estimate of drug-likeness (QED) is 0.591. The van der Waals surface area contributed by atoms with Crippen LogP contribution in [-0.2, 0) is 4.79 Å². The van der Waals surface area contributed by atoms with E-state index in [1.54, 1.807) is 0 Å². The molecule has 0 heterocycles. The van der Waals surface area contributed by atoms with Crippen LogP contribution in [0.25, 0.3) is 0 Å². The Bertz CT molecular complexity index is 142. The highest BCUT2D eigenvalue weighted by Crippen LogP contribution is 2.06. The van der Waals surface area contributed by atoms with E-state index in [0.717, 1.165) is 24.5 Å². The Morgan fingerprint density at radius 1 is 1.46 bits per heavy atom. The van der Waals surface area contributed by atoms with Crippen molar-refractivity contribution in [2.24, 2.45) is 0 Å². The van der Waals surface area contributed by atoms with Crippen molar-refractivity contribution in [2.75, 3.05) is 18.1 Å². The summed E-state index contributed by atoms with van der Waals surface area (Å²) in [4.78, 5) is 10.7. The van der Waals surface area contributed by atoms with Crippen LogP contribution >= 0.6 is 11.8 Å². The van der Waals surface area contributed by atoms with Crippen LogP contribution in [0.4, 0.5) is 0 Å². The number of likely N-dealkylation sites (N-methyl/N-ethyl adjacent to an activating group) is 1. The molecule has 3 nitrogen and oxygen atoms in total. The van der Waals surface area contributed by atoms with Gasteiger partial charge in [0.2, 0.25) is 0 Å². The summed E-state index contributed by atoms with van der Waals surface area (Å²) < 4.78 is 0. The van der Waals surface area contributed by atoms with E-state index >= 15 is 0 Å². The second kappa shape index (κ2) is 8.38. The second-order valence-electron chi connectivity index (χ2n) is 2.85. The first-order chi connectivity index (χ1) is 6.22. The van der Waals surface area contributed by atoms with Gasteiger partial charge in [0.1, 0.15) is 6.04 Å². The normalized spacial score (nSPS) is 12.8. The van der Waals surface area contributed by atoms with Crippen LogP contribution in [0.3, 0.4) is 0 Å². The molecular weight excluding hydrogens is 186 g/mol. The number of hydrogen-bond acceptors (Lipinski definition) is 3. The summed E-state index contributed by atoms with van der Waals surface area (Å²) in [7, 11) is 0. The fourth-order valence-corrected chi connectivity index (χ4v) is 1.90. The first kappa shape index (κ1) is 12.8. The Kier molecular flexibility index (Phi) is 8.24. The number of rotatable bonds is 8. The largest absolute Gasteiger partial charge is 0.480 e. The van der Waals surface area contributed by atoms with E-state index in [1.807, 2.05) is 18.7 Å². The number of thioether (sulfide) groups is 1. The molecule has 2 N–H and O–H groups in total.